The van der Waals surface area contributed by atoms with Crippen molar-refractivity contribution < 1.29 is 29.0 Å². The maximum Gasteiger partial charge on any atom is 0.253 e. The minimum absolute atomic E-state index is 0.0162. The molecular formula is C37H46N4O6. The molecule has 1 spiro atoms. The number of aliphatic hydroxyl groups excluding tert-OH is 1. The van der Waals surface area contributed by atoms with Gasteiger partial charge in [-0.3, -0.25) is 14.4 Å². The molecule has 250 valence electrons. The number of hydrogen-bond donors (Lipinski definition) is 1. The number of hydrogen-bond acceptors (Lipinski definition) is 7. The average Bonchev–Trinajstić information content (AvgIpc) is 3.33. The van der Waals surface area contributed by atoms with Crippen LogP contribution in [0.2, 0.25) is 0 Å². The van der Waals surface area contributed by atoms with Crippen molar-refractivity contribution in [2.45, 2.75) is 57.8 Å². The van der Waals surface area contributed by atoms with Crippen LogP contribution in [-0.4, -0.2) is 90.9 Å². The molecule has 0 aromatic heterocycles. The SMILES string of the molecule is CCOc1ccc(N2CC=C[C@@]3(C)O[C@]45C=CCN(c6ccc(N(CC)CC)cc6)C(=O)C4N(CCCCO)C(=O)[C@@H]5[C@H]3C2=O)cc1. The maximum absolute atomic E-state index is 14.7. The lowest BCUT2D eigenvalue weighted by Crippen LogP contribution is -2.56. The standard InChI is InChI=1S/C37H46N4O6/c1-5-38(6-2)26-12-14-27(15-13-26)40-24-11-21-37-31(34(44)41(22-8-9-25-42)32(37)35(40)45)30-33(43)39(23-10-20-36(30,4)47-37)28-16-18-29(19-17-28)46-7-3/h10-21,30-32,42H,5-9,22-25H2,1-4H3/t30-,31-,32?,36+,37-/m0/s1. The molecule has 3 amide bonds. The number of unbranched alkanes of at least 4 members (excludes halogenated alkanes) is 1. The molecule has 1 N–H and O–H groups in total. The van der Waals surface area contributed by atoms with E-state index in [2.05, 4.69) is 18.7 Å². The first-order chi connectivity index (χ1) is 22.7. The van der Waals surface area contributed by atoms with Crippen LogP contribution in [0.4, 0.5) is 17.1 Å². The fourth-order valence-corrected chi connectivity index (χ4v) is 7.94. The molecule has 4 aliphatic rings. The molecular weight excluding hydrogens is 596 g/mol. The Labute approximate surface area is 277 Å². The Balaban J connectivity index is 1.39. The van der Waals surface area contributed by atoms with E-state index in [1.165, 1.54) is 0 Å². The molecule has 4 heterocycles. The van der Waals surface area contributed by atoms with E-state index in [1.54, 1.807) is 14.7 Å². The van der Waals surface area contributed by atoms with Crippen LogP contribution in [0.1, 0.15) is 40.5 Å². The predicted molar refractivity (Wildman–Crippen MR) is 182 cm³/mol. The lowest BCUT2D eigenvalue weighted by molar-refractivity contribution is -0.144. The second-order valence-electron chi connectivity index (χ2n) is 12.8. The van der Waals surface area contributed by atoms with Gasteiger partial charge in [-0.25, -0.2) is 0 Å². The molecule has 2 aromatic carbocycles. The molecule has 0 saturated carbocycles. The summed E-state index contributed by atoms with van der Waals surface area (Å²) < 4.78 is 12.6. The third-order valence-corrected chi connectivity index (χ3v) is 10.1. The normalized spacial score (nSPS) is 28.2. The van der Waals surface area contributed by atoms with E-state index in [1.807, 2.05) is 86.7 Å². The van der Waals surface area contributed by atoms with Crippen LogP contribution < -0.4 is 19.4 Å². The Morgan fingerprint density at radius 1 is 0.830 bits per heavy atom. The third kappa shape index (κ3) is 5.51. The zero-order chi connectivity index (χ0) is 33.3. The van der Waals surface area contributed by atoms with Gasteiger partial charge in [0.15, 0.2) is 0 Å². The lowest BCUT2D eigenvalue weighted by atomic mass is 9.74. The summed E-state index contributed by atoms with van der Waals surface area (Å²) >= 11 is 0. The Morgan fingerprint density at radius 3 is 2.06 bits per heavy atom. The minimum Gasteiger partial charge on any atom is -0.494 e. The first kappa shape index (κ1) is 32.8. The molecule has 47 heavy (non-hydrogen) atoms. The largest absolute Gasteiger partial charge is 0.494 e. The van der Waals surface area contributed by atoms with Crippen molar-refractivity contribution in [3.8, 4) is 5.75 Å². The van der Waals surface area contributed by atoms with Crippen LogP contribution in [0.25, 0.3) is 0 Å². The second kappa shape index (κ2) is 13.2. The van der Waals surface area contributed by atoms with E-state index < -0.39 is 29.1 Å². The summed E-state index contributed by atoms with van der Waals surface area (Å²) in [7, 11) is 0. The zero-order valence-corrected chi connectivity index (χ0v) is 27.8. The number of rotatable bonds is 11. The van der Waals surface area contributed by atoms with Crippen molar-refractivity contribution in [3.63, 3.8) is 0 Å². The number of fused-ring (bicyclic) bond motifs is 2. The number of likely N-dealkylation sites (tertiary alicyclic amines) is 1. The molecule has 10 heteroatoms. The fraction of sp³-hybridized carbons (Fsp3) is 0.486. The van der Waals surface area contributed by atoms with Gasteiger partial charge in [-0.1, -0.05) is 24.3 Å². The van der Waals surface area contributed by atoms with Gasteiger partial charge in [0.1, 0.15) is 17.4 Å². The molecule has 2 saturated heterocycles. The summed E-state index contributed by atoms with van der Waals surface area (Å²) in [5, 5.41) is 9.54. The van der Waals surface area contributed by atoms with E-state index in [-0.39, 0.29) is 30.9 Å². The van der Waals surface area contributed by atoms with Gasteiger partial charge in [0.2, 0.25) is 11.8 Å². The van der Waals surface area contributed by atoms with Crippen molar-refractivity contribution in [1.82, 2.24) is 4.90 Å². The average molecular weight is 643 g/mol. The van der Waals surface area contributed by atoms with Crippen molar-refractivity contribution in [2.75, 3.05) is 60.6 Å². The molecule has 6 rings (SSSR count). The third-order valence-electron chi connectivity index (χ3n) is 10.1. The van der Waals surface area contributed by atoms with E-state index in [9.17, 15) is 19.5 Å². The van der Waals surface area contributed by atoms with E-state index in [0.29, 0.717) is 44.0 Å². The molecule has 2 aromatic rings. The molecule has 0 radical (unpaired) electrons. The van der Waals surface area contributed by atoms with Gasteiger partial charge in [0.05, 0.1) is 24.0 Å². The highest BCUT2D eigenvalue weighted by Crippen LogP contribution is 2.57. The zero-order valence-electron chi connectivity index (χ0n) is 27.8. The quantitative estimate of drug-likeness (QED) is 0.290. The minimum atomic E-state index is -1.34. The van der Waals surface area contributed by atoms with Crippen LogP contribution in [0.5, 0.6) is 5.75 Å². The first-order valence-electron chi connectivity index (χ1n) is 16.9. The Bertz CT molecular complexity index is 1540. The topological polar surface area (TPSA) is 103 Å². The van der Waals surface area contributed by atoms with Gasteiger partial charge in [-0.05, 0) is 89.1 Å². The molecule has 0 aliphatic carbocycles. The van der Waals surface area contributed by atoms with Crippen LogP contribution in [0.3, 0.4) is 0 Å². The molecule has 4 aliphatic heterocycles. The fourth-order valence-electron chi connectivity index (χ4n) is 7.94. The van der Waals surface area contributed by atoms with Crippen LogP contribution >= 0.6 is 0 Å². The molecule has 2 fully saturated rings. The smallest absolute Gasteiger partial charge is 0.253 e. The summed E-state index contributed by atoms with van der Waals surface area (Å²) in [5.41, 5.74) is 0.0453. The highest BCUT2D eigenvalue weighted by molar-refractivity contribution is 6.07. The number of nitrogens with zero attached hydrogens (tertiary/aromatic N) is 4. The number of carbonyl (C=O) groups excluding carboxylic acids is 3. The van der Waals surface area contributed by atoms with Crippen molar-refractivity contribution in [2.24, 2.45) is 11.8 Å². The molecule has 0 bridgehead atoms. The van der Waals surface area contributed by atoms with Crippen molar-refractivity contribution in [3.05, 3.63) is 72.8 Å². The maximum atomic E-state index is 14.7. The summed E-state index contributed by atoms with van der Waals surface area (Å²) in [6.45, 7) is 11.2. The van der Waals surface area contributed by atoms with Gasteiger partial charge < -0.3 is 34.2 Å². The highest BCUT2D eigenvalue weighted by Gasteiger charge is 2.74. The van der Waals surface area contributed by atoms with Crippen molar-refractivity contribution in [1.29, 1.82) is 0 Å². The number of amides is 3. The van der Waals surface area contributed by atoms with Gasteiger partial charge in [-0.15, -0.1) is 0 Å². The summed E-state index contributed by atoms with van der Waals surface area (Å²) in [5.74, 6) is -1.79. The Hall–Kier alpha value is -4.15. The van der Waals surface area contributed by atoms with Crippen molar-refractivity contribution >= 4 is 34.8 Å². The number of benzene rings is 2. The predicted octanol–water partition coefficient (Wildman–Crippen LogP) is 4.18. The van der Waals surface area contributed by atoms with Gasteiger partial charge in [-0.2, -0.15) is 0 Å². The number of aliphatic hydroxyl groups is 1. The van der Waals surface area contributed by atoms with E-state index in [4.69, 9.17) is 9.47 Å². The van der Waals surface area contributed by atoms with Crippen LogP contribution in [-0.2, 0) is 19.1 Å². The van der Waals surface area contributed by atoms with Crippen LogP contribution in [0, 0.1) is 11.8 Å². The molecule has 5 atom stereocenters. The van der Waals surface area contributed by atoms with Gasteiger partial charge >= 0.3 is 0 Å². The van der Waals surface area contributed by atoms with E-state index in [0.717, 1.165) is 24.5 Å². The Kier molecular flexibility index (Phi) is 9.18. The number of carbonyl (C=O) groups is 3. The van der Waals surface area contributed by atoms with Gasteiger partial charge in [0, 0.05) is 56.4 Å². The first-order valence-corrected chi connectivity index (χ1v) is 16.9. The number of anilines is 3. The van der Waals surface area contributed by atoms with Gasteiger partial charge in [0.25, 0.3) is 5.91 Å². The monoisotopic (exact) mass is 642 g/mol. The summed E-state index contributed by atoms with van der Waals surface area (Å²) in [6.07, 6.45) is 8.59. The molecule has 10 nitrogen and oxygen atoms in total. The summed E-state index contributed by atoms with van der Waals surface area (Å²) in [6, 6.07) is 14.3. The molecule has 1 unspecified atom stereocenters. The summed E-state index contributed by atoms with van der Waals surface area (Å²) in [4.78, 5) is 51.2. The lowest BCUT2D eigenvalue weighted by Gasteiger charge is -2.37. The second-order valence-corrected chi connectivity index (χ2v) is 12.8. The number of ether oxygens (including phenoxy) is 2. The highest BCUT2D eigenvalue weighted by atomic mass is 16.5. The van der Waals surface area contributed by atoms with Crippen LogP contribution in [0.15, 0.2) is 72.8 Å². The Morgan fingerprint density at radius 2 is 1.45 bits per heavy atom. The van der Waals surface area contributed by atoms with E-state index >= 15 is 0 Å².